The van der Waals surface area contributed by atoms with Crippen LogP contribution in [0.4, 0.5) is 0 Å². The standard InChI is InChI=1S/C29H31NO6/c1-15-13-28-10-8-20-21(27(20,2)3)19(24(28)33)12-17(14-31)23(32)29(28,35)25(15)36-26(34)22-18-7-5-4-6-16(18)9-11-30-22/h4-7,9,11-13,19-21,23,25,31-32,35H,8,10,14H2,1-3H3. The average molecular weight is 490 g/mol. The smallest absolute Gasteiger partial charge is 0.358 e. The molecule has 0 aliphatic heterocycles. The molecule has 2 saturated carbocycles. The fraction of sp³-hybridized carbons (Fsp3) is 0.483. The van der Waals surface area contributed by atoms with E-state index in [0.717, 1.165) is 5.39 Å². The van der Waals surface area contributed by atoms with Gasteiger partial charge in [0.05, 0.1) is 12.0 Å². The molecule has 188 valence electrons. The lowest BCUT2D eigenvalue weighted by atomic mass is 9.63. The highest BCUT2D eigenvalue weighted by Gasteiger charge is 2.74. The minimum atomic E-state index is -2.14. The lowest BCUT2D eigenvalue weighted by Gasteiger charge is -2.46. The quantitative estimate of drug-likeness (QED) is 0.448. The highest BCUT2D eigenvalue weighted by atomic mass is 16.6. The van der Waals surface area contributed by atoms with E-state index < -0.39 is 41.7 Å². The summed E-state index contributed by atoms with van der Waals surface area (Å²) in [7, 11) is 0. The summed E-state index contributed by atoms with van der Waals surface area (Å²) in [6, 6.07) is 9.08. The van der Waals surface area contributed by atoms with Gasteiger partial charge in [-0.3, -0.25) is 4.79 Å². The molecule has 1 aromatic carbocycles. The maximum atomic E-state index is 14.2. The van der Waals surface area contributed by atoms with E-state index in [1.807, 2.05) is 12.1 Å². The summed E-state index contributed by atoms with van der Waals surface area (Å²) in [5, 5.41) is 35.5. The number of nitrogens with zero attached hydrogens (tertiary/aromatic N) is 1. The maximum Gasteiger partial charge on any atom is 0.358 e. The van der Waals surface area contributed by atoms with Gasteiger partial charge in [0.1, 0.15) is 6.10 Å². The zero-order chi connectivity index (χ0) is 25.6. The summed E-state index contributed by atoms with van der Waals surface area (Å²) in [4.78, 5) is 31.9. The highest BCUT2D eigenvalue weighted by molar-refractivity contribution is 6.03. The van der Waals surface area contributed by atoms with E-state index in [9.17, 15) is 24.9 Å². The van der Waals surface area contributed by atoms with Crippen LogP contribution >= 0.6 is 0 Å². The molecule has 7 nitrogen and oxygen atoms in total. The molecule has 3 N–H and O–H groups in total. The predicted octanol–water partition coefficient (Wildman–Crippen LogP) is 2.98. The molecule has 0 amide bonds. The molecule has 7 unspecified atom stereocenters. The van der Waals surface area contributed by atoms with Crippen molar-refractivity contribution >= 4 is 22.5 Å². The number of aliphatic hydroxyl groups is 3. The number of aliphatic hydroxyl groups excluding tert-OH is 2. The number of hydrogen-bond acceptors (Lipinski definition) is 7. The van der Waals surface area contributed by atoms with Crippen LogP contribution < -0.4 is 0 Å². The van der Waals surface area contributed by atoms with Crippen LogP contribution in [0.2, 0.25) is 0 Å². The van der Waals surface area contributed by atoms with Gasteiger partial charge in [-0.1, -0.05) is 50.3 Å². The van der Waals surface area contributed by atoms with E-state index in [0.29, 0.717) is 29.7 Å². The van der Waals surface area contributed by atoms with Gasteiger partial charge in [-0.15, -0.1) is 0 Å². The monoisotopic (exact) mass is 489 g/mol. The molecule has 4 aliphatic rings. The maximum absolute atomic E-state index is 14.2. The van der Waals surface area contributed by atoms with E-state index in [1.54, 1.807) is 37.3 Å². The fourth-order valence-electron chi connectivity index (χ4n) is 7.66. The molecule has 2 bridgehead atoms. The zero-order valence-electron chi connectivity index (χ0n) is 20.6. The third-order valence-electron chi connectivity index (χ3n) is 9.56. The van der Waals surface area contributed by atoms with E-state index in [2.05, 4.69) is 18.8 Å². The van der Waals surface area contributed by atoms with Crippen LogP contribution in [-0.4, -0.2) is 56.5 Å². The number of ether oxygens (including phenoxy) is 1. The van der Waals surface area contributed by atoms with Crippen LogP contribution in [-0.2, 0) is 9.53 Å². The van der Waals surface area contributed by atoms with Crippen LogP contribution in [0.3, 0.4) is 0 Å². The minimum Gasteiger partial charge on any atom is -0.450 e. The van der Waals surface area contributed by atoms with Crippen molar-refractivity contribution in [3.63, 3.8) is 0 Å². The topological polar surface area (TPSA) is 117 Å². The van der Waals surface area contributed by atoms with Gasteiger partial charge in [-0.2, -0.15) is 0 Å². The molecular weight excluding hydrogens is 458 g/mol. The third-order valence-corrected chi connectivity index (χ3v) is 9.56. The first-order valence-corrected chi connectivity index (χ1v) is 12.6. The Balaban J connectivity index is 1.45. The summed E-state index contributed by atoms with van der Waals surface area (Å²) in [5.74, 6) is -1.07. The molecule has 7 heteroatoms. The number of fused-ring (bicyclic) bond motifs is 4. The van der Waals surface area contributed by atoms with Crippen molar-refractivity contribution < 1.29 is 29.6 Å². The van der Waals surface area contributed by atoms with Crippen molar-refractivity contribution in [1.82, 2.24) is 4.98 Å². The lowest BCUT2D eigenvalue weighted by molar-refractivity contribution is -0.182. The Morgan fingerprint density at radius 1 is 1.22 bits per heavy atom. The van der Waals surface area contributed by atoms with E-state index in [-0.39, 0.29) is 28.4 Å². The number of ketones is 1. The minimum absolute atomic E-state index is 0.0321. The molecule has 2 aromatic rings. The van der Waals surface area contributed by atoms with Crippen molar-refractivity contribution in [2.75, 3.05) is 6.61 Å². The first-order chi connectivity index (χ1) is 17.1. The van der Waals surface area contributed by atoms with Gasteiger partial charge in [-0.05, 0) is 59.6 Å². The Bertz CT molecular complexity index is 1360. The Kier molecular flexibility index (Phi) is 4.95. The van der Waals surface area contributed by atoms with E-state index in [4.69, 9.17) is 4.74 Å². The second-order valence-corrected chi connectivity index (χ2v) is 11.5. The van der Waals surface area contributed by atoms with Crippen molar-refractivity contribution in [1.29, 1.82) is 0 Å². The second-order valence-electron chi connectivity index (χ2n) is 11.5. The van der Waals surface area contributed by atoms with Gasteiger partial charge >= 0.3 is 5.97 Å². The number of pyridine rings is 1. The predicted molar refractivity (Wildman–Crippen MR) is 132 cm³/mol. The molecule has 7 atom stereocenters. The summed E-state index contributed by atoms with van der Waals surface area (Å²) < 4.78 is 5.92. The van der Waals surface area contributed by atoms with Crippen LogP contribution in [0.1, 0.15) is 44.1 Å². The Morgan fingerprint density at radius 3 is 2.72 bits per heavy atom. The van der Waals surface area contributed by atoms with Crippen LogP contribution in [0.5, 0.6) is 0 Å². The molecule has 2 fully saturated rings. The molecule has 0 radical (unpaired) electrons. The molecule has 1 spiro atoms. The van der Waals surface area contributed by atoms with E-state index >= 15 is 0 Å². The molecule has 1 aromatic heterocycles. The Labute approximate surface area is 209 Å². The summed E-state index contributed by atoms with van der Waals surface area (Å²) in [5.41, 5.74) is -2.80. The molecule has 6 rings (SSSR count). The van der Waals surface area contributed by atoms with Gasteiger partial charge < -0.3 is 20.1 Å². The van der Waals surface area contributed by atoms with Gasteiger partial charge in [0.15, 0.2) is 23.2 Å². The largest absolute Gasteiger partial charge is 0.450 e. The zero-order valence-corrected chi connectivity index (χ0v) is 20.6. The van der Waals surface area contributed by atoms with Crippen LogP contribution in [0.25, 0.3) is 10.8 Å². The number of Topliss-reactive ketones (excluding diaryl/α,β-unsaturated/α-hetero) is 1. The third kappa shape index (κ3) is 2.82. The van der Waals surface area contributed by atoms with Crippen LogP contribution in [0.15, 0.2) is 59.8 Å². The Hall–Kier alpha value is -2.87. The molecule has 0 saturated heterocycles. The number of rotatable bonds is 3. The number of allylic oxidation sites excluding steroid dienone is 1. The highest BCUT2D eigenvalue weighted by Crippen LogP contribution is 2.70. The molecular formula is C29H31NO6. The lowest BCUT2D eigenvalue weighted by Crippen LogP contribution is -2.63. The first kappa shape index (κ1) is 23.5. The van der Waals surface area contributed by atoms with Gasteiger partial charge in [-0.25, -0.2) is 9.78 Å². The second kappa shape index (κ2) is 7.57. The van der Waals surface area contributed by atoms with Gasteiger partial charge in [0, 0.05) is 17.5 Å². The normalized spacial score (nSPS) is 38.3. The first-order valence-electron chi connectivity index (χ1n) is 12.6. The van der Waals surface area contributed by atoms with E-state index in [1.165, 1.54) is 6.20 Å². The average Bonchev–Trinajstić information content (AvgIpc) is 3.39. The molecule has 4 aliphatic carbocycles. The Morgan fingerprint density at radius 2 is 1.97 bits per heavy atom. The molecule has 36 heavy (non-hydrogen) atoms. The van der Waals surface area contributed by atoms with Crippen LogP contribution in [0, 0.1) is 28.6 Å². The van der Waals surface area contributed by atoms with Gasteiger partial charge in [0.2, 0.25) is 0 Å². The summed E-state index contributed by atoms with van der Waals surface area (Å²) >= 11 is 0. The number of carbonyl (C=O) groups is 2. The summed E-state index contributed by atoms with van der Waals surface area (Å²) in [6.07, 6.45) is 3.09. The summed E-state index contributed by atoms with van der Waals surface area (Å²) in [6.45, 7) is 5.49. The number of esters is 1. The number of carbonyl (C=O) groups excluding carboxylic acids is 2. The van der Waals surface area contributed by atoms with Crippen molar-refractivity contribution in [3.8, 4) is 0 Å². The van der Waals surface area contributed by atoms with Crippen molar-refractivity contribution in [3.05, 3.63) is 65.5 Å². The van der Waals surface area contributed by atoms with Gasteiger partial charge in [0.25, 0.3) is 0 Å². The van der Waals surface area contributed by atoms with Crippen molar-refractivity contribution in [2.45, 2.75) is 51.4 Å². The SMILES string of the molecule is CC1=CC23CCC4C(C(C=C(CO)C(O)C2(O)C1OC(=O)c1nccc2ccccc12)C3=O)C4(C)C. The fourth-order valence-corrected chi connectivity index (χ4v) is 7.66. The number of benzene rings is 1. The van der Waals surface area contributed by atoms with Crippen molar-refractivity contribution in [2.24, 2.45) is 28.6 Å². The molecule has 1 heterocycles. The number of hydrogen-bond donors (Lipinski definition) is 3. The number of aromatic nitrogens is 1.